The zero-order chi connectivity index (χ0) is 23.5. The van der Waals surface area contributed by atoms with Crippen LogP contribution in [0.5, 0.6) is 0 Å². The van der Waals surface area contributed by atoms with Gasteiger partial charge in [-0.05, 0) is 85.0 Å². The Morgan fingerprint density at radius 2 is 1.55 bits per heavy atom. The van der Waals surface area contributed by atoms with Crippen molar-refractivity contribution in [3.8, 4) is 23.3 Å². The van der Waals surface area contributed by atoms with Crippen LogP contribution >= 0.6 is 11.6 Å². The van der Waals surface area contributed by atoms with Gasteiger partial charge in [0.1, 0.15) is 12.1 Å². The number of nitriles is 2. The van der Waals surface area contributed by atoms with Crippen molar-refractivity contribution in [1.82, 2.24) is 0 Å². The fourth-order valence-corrected chi connectivity index (χ4v) is 6.77. The van der Waals surface area contributed by atoms with Crippen LogP contribution in [0.4, 0.5) is 0 Å². The van der Waals surface area contributed by atoms with Crippen LogP contribution in [0.15, 0.2) is 30.3 Å². The van der Waals surface area contributed by atoms with Gasteiger partial charge in [-0.1, -0.05) is 75.4 Å². The summed E-state index contributed by atoms with van der Waals surface area (Å²) >= 11 is 6.54. The second-order valence-corrected chi connectivity index (χ2v) is 10.8. The summed E-state index contributed by atoms with van der Waals surface area (Å²) in [5.74, 6) is 0. The van der Waals surface area contributed by atoms with Crippen molar-refractivity contribution in [2.75, 3.05) is 0 Å². The Hall–Kier alpha value is -2.29. The number of benzene rings is 2. The smallest absolute Gasteiger partial charge is 0.101 e. The molecule has 5 rings (SSSR count). The Labute approximate surface area is 204 Å². The number of unbranched alkanes of at least 4 members (excludes halogenated alkanes) is 2. The molecule has 2 aromatic rings. The van der Waals surface area contributed by atoms with Crippen LogP contribution in [-0.4, -0.2) is 0 Å². The number of nitrogens with zero attached hydrogens (tertiary/aromatic N) is 2. The van der Waals surface area contributed by atoms with E-state index in [1.54, 1.807) is 0 Å². The van der Waals surface area contributed by atoms with Gasteiger partial charge < -0.3 is 0 Å². The van der Waals surface area contributed by atoms with E-state index in [1.807, 2.05) is 12.1 Å². The van der Waals surface area contributed by atoms with E-state index in [9.17, 15) is 10.5 Å². The van der Waals surface area contributed by atoms with E-state index in [-0.39, 0.29) is 5.41 Å². The molecule has 172 valence electrons. The zero-order valence-corrected chi connectivity index (χ0v) is 20.9. The maximum Gasteiger partial charge on any atom is 0.101 e. The van der Waals surface area contributed by atoms with E-state index in [2.05, 4.69) is 44.2 Å². The molecular weight excluding hydrogens is 424 g/mol. The van der Waals surface area contributed by atoms with Gasteiger partial charge in [-0.2, -0.15) is 10.5 Å². The molecular formula is C30H35ClN2. The Morgan fingerprint density at radius 1 is 0.848 bits per heavy atom. The molecule has 0 heterocycles. The van der Waals surface area contributed by atoms with Gasteiger partial charge >= 0.3 is 0 Å². The molecule has 3 aliphatic rings. The second-order valence-electron chi connectivity index (χ2n) is 10.4. The van der Waals surface area contributed by atoms with Gasteiger partial charge in [-0.25, -0.2) is 0 Å². The molecule has 33 heavy (non-hydrogen) atoms. The van der Waals surface area contributed by atoms with Gasteiger partial charge in [0.15, 0.2) is 0 Å². The summed E-state index contributed by atoms with van der Waals surface area (Å²) in [7, 11) is 0. The van der Waals surface area contributed by atoms with Crippen molar-refractivity contribution in [2.45, 2.75) is 96.3 Å². The summed E-state index contributed by atoms with van der Waals surface area (Å²) in [4.78, 5) is 0. The molecule has 3 fully saturated rings. The van der Waals surface area contributed by atoms with Crippen LogP contribution in [0.25, 0.3) is 11.1 Å². The SMILES string of the molecule is CCCCCC12CCC(c3ccc(-c4ccc(CCC)c(Cl)c4)c(C#N)c3C#N)(CC1)CC2. The van der Waals surface area contributed by atoms with E-state index < -0.39 is 0 Å². The number of rotatable bonds is 8. The maximum absolute atomic E-state index is 10.2. The molecule has 3 saturated carbocycles. The minimum absolute atomic E-state index is 0.0598. The van der Waals surface area contributed by atoms with Gasteiger partial charge in [0.2, 0.25) is 0 Å². The number of hydrogen-bond acceptors (Lipinski definition) is 2. The minimum Gasteiger partial charge on any atom is -0.192 e. The van der Waals surface area contributed by atoms with Crippen molar-refractivity contribution >= 4 is 11.6 Å². The molecule has 0 unspecified atom stereocenters. The van der Waals surface area contributed by atoms with Crippen LogP contribution in [0.1, 0.15) is 107 Å². The highest BCUT2D eigenvalue weighted by atomic mass is 35.5. The van der Waals surface area contributed by atoms with E-state index in [0.717, 1.165) is 59.4 Å². The van der Waals surface area contributed by atoms with E-state index in [1.165, 1.54) is 44.9 Å². The molecule has 2 aromatic carbocycles. The fraction of sp³-hybridized carbons (Fsp3) is 0.533. The number of fused-ring (bicyclic) bond motifs is 3. The largest absolute Gasteiger partial charge is 0.192 e. The number of hydrogen-bond donors (Lipinski definition) is 0. The highest BCUT2D eigenvalue weighted by Crippen LogP contribution is 2.60. The topological polar surface area (TPSA) is 47.6 Å². The first-order valence-corrected chi connectivity index (χ1v) is 13.2. The summed E-state index contributed by atoms with van der Waals surface area (Å²) in [6.45, 7) is 4.42. The average Bonchev–Trinajstić information content (AvgIpc) is 2.85. The maximum atomic E-state index is 10.2. The fourth-order valence-electron chi connectivity index (χ4n) is 6.50. The van der Waals surface area contributed by atoms with Gasteiger partial charge in [-0.3, -0.25) is 0 Å². The van der Waals surface area contributed by atoms with Crippen LogP contribution in [0.2, 0.25) is 5.02 Å². The first kappa shape index (κ1) is 23.9. The Kier molecular flexibility index (Phi) is 7.16. The molecule has 0 atom stereocenters. The zero-order valence-electron chi connectivity index (χ0n) is 20.1. The molecule has 0 spiro atoms. The third kappa shape index (κ3) is 4.44. The normalized spacial score (nSPS) is 23.8. The lowest BCUT2D eigenvalue weighted by Gasteiger charge is -2.54. The third-order valence-electron chi connectivity index (χ3n) is 8.60. The first-order chi connectivity index (χ1) is 16.0. The molecule has 2 nitrogen and oxygen atoms in total. The summed E-state index contributed by atoms with van der Waals surface area (Å²) in [5, 5.41) is 21.0. The van der Waals surface area contributed by atoms with E-state index in [0.29, 0.717) is 16.5 Å². The molecule has 0 N–H and O–H groups in total. The van der Waals surface area contributed by atoms with E-state index >= 15 is 0 Å². The minimum atomic E-state index is 0.0598. The van der Waals surface area contributed by atoms with E-state index in [4.69, 9.17) is 11.6 Å². The highest BCUT2D eigenvalue weighted by molar-refractivity contribution is 6.31. The molecule has 0 aliphatic heterocycles. The predicted octanol–water partition coefficient (Wildman–Crippen LogP) is 8.88. The standard InChI is InChI=1S/C30H35ClN2/c1-3-5-6-12-29-13-16-30(17-14-29,18-15-29)27-11-10-24(25(20-32)26(27)21-33)23-9-8-22(7-4-2)28(31)19-23/h8-11,19H,3-7,12-18H2,1-2H3. The molecule has 0 amide bonds. The lowest BCUT2D eigenvalue weighted by Crippen LogP contribution is -2.44. The Morgan fingerprint density at radius 3 is 2.12 bits per heavy atom. The van der Waals surface area contributed by atoms with Crippen molar-refractivity contribution in [3.05, 3.63) is 57.6 Å². The summed E-state index contributed by atoms with van der Waals surface area (Å²) in [6, 6.07) is 15.1. The molecule has 3 aliphatic carbocycles. The molecule has 0 saturated heterocycles. The highest BCUT2D eigenvalue weighted by Gasteiger charge is 2.49. The summed E-state index contributed by atoms with van der Waals surface area (Å²) in [6.07, 6.45) is 14.5. The number of aryl methyl sites for hydroxylation is 1. The van der Waals surface area contributed by atoms with Gasteiger partial charge in [-0.15, -0.1) is 0 Å². The molecule has 0 aromatic heterocycles. The third-order valence-corrected chi connectivity index (χ3v) is 8.95. The van der Waals surface area contributed by atoms with Crippen molar-refractivity contribution in [1.29, 1.82) is 10.5 Å². The van der Waals surface area contributed by atoms with Crippen LogP contribution < -0.4 is 0 Å². The molecule has 2 bridgehead atoms. The van der Waals surface area contributed by atoms with Gasteiger partial charge in [0, 0.05) is 10.6 Å². The van der Waals surface area contributed by atoms with Gasteiger partial charge in [0.05, 0.1) is 11.1 Å². The quantitative estimate of drug-likeness (QED) is 0.370. The van der Waals surface area contributed by atoms with Crippen LogP contribution in [0.3, 0.4) is 0 Å². The Balaban J connectivity index is 1.67. The predicted molar refractivity (Wildman–Crippen MR) is 136 cm³/mol. The van der Waals surface area contributed by atoms with Gasteiger partial charge in [0.25, 0.3) is 0 Å². The molecule has 3 heteroatoms. The van der Waals surface area contributed by atoms with Crippen molar-refractivity contribution < 1.29 is 0 Å². The second kappa shape index (κ2) is 9.91. The number of halogens is 1. The molecule has 0 radical (unpaired) electrons. The van der Waals surface area contributed by atoms with Crippen molar-refractivity contribution in [3.63, 3.8) is 0 Å². The Bertz CT molecular complexity index is 1080. The van der Waals surface area contributed by atoms with Crippen molar-refractivity contribution in [2.24, 2.45) is 5.41 Å². The average molecular weight is 459 g/mol. The first-order valence-electron chi connectivity index (χ1n) is 12.8. The summed E-state index contributed by atoms with van der Waals surface area (Å²) in [5.41, 5.74) is 5.66. The van der Waals surface area contributed by atoms with Crippen LogP contribution in [-0.2, 0) is 11.8 Å². The lowest BCUT2D eigenvalue weighted by atomic mass is 9.50. The van der Waals surface area contributed by atoms with Crippen LogP contribution in [0, 0.1) is 28.1 Å². The summed E-state index contributed by atoms with van der Waals surface area (Å²) < 4.78 is 0. The monoisotopic (exact) mass is 458 g/mol. The lowest BCUT2D eigenvalue weighted by molar-refractivity contribution is 0.0304.